The molecule has 0 aromatic carbocycles. The van der Waals surface area contributed by atoms with Crippen LogP contribution in [-0.4, -0.2) is 53.0 Å². The lowest BCUT2D eigenvalue weighted by Gasteiger charge is -2.21. The van der Waals surface area contributed by atoms with Gasteiger partial charge in [-0.15, -0.1) is 0 Å². The molecule has 1 saturated heterocycles. The van der Waals surface area contributed by atoms with Crippen molar-refractivity contribution < 1.29 is 14.6 Å². The molecule has 1 aliphatic rings. The molecule has 4 heterocycles. The molecule has 1 fully saturated rings. The molecule has 4 rings (SSSR count). The molecule has 0 radical (unpaired) electrons. The molecule has 4 atom stereocenters. The Hall–Kier alpha value is -2.76. The number of nitrogens with two attached hydrogens (primary N) is 1. The van der Waals surface area contributed by atoms with E-state index in [0.29, 0.717) is 12.1 Å². The number of nitrogens with one attached hydrogen (secondary N) is 1. The van der Waals surface area contributed by atoms with Crippen LogP contribution < -0.4 is 11.3 Å². The van der Waals surface area contributed by atoms with Gasteiger partial charge in [-0.2, -0.15) is 4.98 Å². The molecule has 3 aromatic heterocycles. The van der Waals surface area contributed by atoms with Crippen molar-refractivity contribution in [1.29, 1.82) is 0 Å². The maximum absolute atomic E-state index is 11.9. The minimum Gasteiger partial charge on any atom is -0.390 e. The molecular weight excluding hydrogens is 354 g/mol. The number of aliphatic hydroxyl groups excluding tert-OH is 1. The Balaban J connectivity index is 1.48. The molecule has 0 amide bonds. The Morgan fingerprint density at radius 2 is 2.37 bits per heavy atom. The van der Waals surface area contributed by atoms with Crippen molar-refractivity contribution in [1.82, 2.24) is 29.1 Å². The first-order valence-corrected chi connectivity index (χ1v) is 8.71. The van der Waals surface area contributed by atoms with Gasteiger partial charge in [-0.1, -0.05) is 6.92 Å². The normalized spacial score (nSPS) is 23.9. The monoisotopic (exact) mass is 375 g/mol. The average molecular weight is 375 g/mol. The largest absolute Gasteiger partial charge is 0.390 e. The first-order valence-electron chi connectivity index (χ1n) is 8.71. The molecule has 27 heavy (non-hydrogen) atoms. The molecule has 3 aromatic rings. The van der Waals surface area contributed by atoms with Crippen LogP contribution in [0.5, 0.6) is 0 Å². The third-order valence-electron chi connectivity index (χ3n) is 4.62. The summed E-state index contributed by atoms with van der Waals surface area (Å²) in [5.74, 6) is -0.00111. The van der Waals surface area contributed by atoms with Crippen molar-refractivity contribution in [3.63, 3.8) is 0 Å². The number of fused-ring (bicyclic) bond motifs is 1. The number of aromatic nitrogens is 6. The number of anilines is 1. The fraction of sp³-hybridized carbons (Fsp3) is 0.500. The summed E-state index contributed by atoms with van der Waals surface area (Å²) in [7, 11) is 0. The van der Waals surface area contributed by atoms with Crippen molar-refractivity contribution in [2.75, 3.05) is 12.3 Å². The lowest BCUT2D eigenvalue weighted by atomic mass is 10.2. The second-order valence-electron chi connectivity index (χ2n) is 6.41. The Kier molecular flexibility index (Phi) is 4.64. The summed E-state index contributed by atoms with van der Waals surface area (Å²) in [5, 5.41) is 10.4. The van der Waals surface area contributed by atoms with Gasteiger partial charge in [0.1, 0.15) is 18.6 Å². The van der Waals surface area contributed by atoms with Gasteiger partial charge < -0.3 is 24.9 Å². The molecule has 0 bridgehead atoms. The summed E-state index contributed by atoms with van der Waals surface area (Å²) in [5.41, 5.74) is 5.70. The van der Waals surface area contributed by atoms with Gasteiger partial charge in [0, 0.05) is 18.8 Å². The number of H-pyrrole nitrogens is 1. The molecule has 11 nitrogen and oxygen atoms in total. The van der Waals surface area contributed by atoms with Gasteiger partial charge in [-0.25, -0.2) is 9.97 Å². The highest BCUT2D eigenvalue weighted by Crippen LogP contribution is 2.31. The molecule has 1 aliphatic heterocycles. The van der Waals surface area contributed by atoms with Crippen molar-refractivity contribution in [3.05, 3.63) is 35.4 Å². The van der Waals surface area contributed by atoms with Crippen LogP contribution in [-0.2, 0) is 9.47 Å². The van der Waals surface area contributed by atoms with E-state index in [1.54, 1.807) is 17.1 Å². The maximum Gasteiger partial charge on any atom is 0.280 e. The minimum atomic E-state index is -0.716. The Labute approximate surface area is 153 Å². The van der Waals surface area contributed by atoms with E-state index in [4.69, 9.17) is 15.2 Å². The number of hydrogen-bond donors (Lipinski definition) is 3. The number of rotatable bonds is 6. The summed E-state index contributed by atoms with van der Waals surface area (Å²) in [6.07, 6.45) is 5.83. The lowest BCUT2D eigenvalue weighted by Crippen LogP contribution is -2.28. The van der Waals surface area contributed by atoms with Crippen LogP contribution in [0.4, 0.5) is 5.95 Å². The molecule has 11 heteroatoms. The number of aromatic amines is 1. The first kappa shape index (κ1) is 17.6. The number of nitrogens with zero attached hydrogens (tertiary/aromatic N) is 5. The smallest absolute Gasteiger partial charge is 0.280 e. The van der Waals surface area contributed by atoms with Crippen molar-refractivity contribution in [2.24, 2.45) is 0 Å². The summed E-state index contributed by atoms with van der Waals surface area (Å²) >= 11 is 0. The predicted molar refractivity (Wildman–Crippen MR) is 94.6 cm³/mol. The summed E-state index contributed by atoms with van der Waals surface area (Å²) in [4.78, 5) is 26.5. The molecule has 0 aliphatic carbocycles. The van der Waals surface area contributed by atoms with E-state index < -0.39 is 24.0 Å². The predicted octanol–water partition coefficient (Wildman–Crippen LogP) is 0.172. The van der Waals surface area contributed by atoms with Crippen LogP contribution in [0.2, 0.25) is 0 Å². The van der Waals surface area contributed by atoms with Crippen LogP contribution in [0.25, 0.3) is 11.2 Å². The van der Waals surface area contributed by atoms with Crippen LogP contribution in [0.15, 0.2) is 29.8 Å². The zero-order chi connectivity index (χ0) is 19.0. The molecule has 0 saturated carbocycles. The standard InChI is InChI=1S/C16H21N7O4/c1-2-11(22-4-3-18-7-22)26-6-10-9(24)5-12(27-10)23-8-19-13-14(23)20-16(17)21-15(13)25/h3-4,7-12,24H,2,5-6H2,1H3,(H3,17,20,21,25)/t9-,10+,11?,12+/m0/s1. The molecular formula is C16H21N7O4. The molecule has 144 valence electrons. The van der Waals surface area contributed by atoms with Crippen LogP contribution in [0, 0.1) is 0 Å². The number of nitrogen functional groups attached to an aromatic ring is 1. The van der Waals surface area contributed by atoms with Gasteiger partial charge in [-0.3, -0.25) is 14.3 Å². The first-order chi connectivity index (χ1) is 13.1. The average Bonchev–Trinajstić information content (AvgIpc) is 3.36. The van der Waals surface area contributed by atoms with E-state index in [9.17, 15) is 9.90 Å². The Bertz CT molecular complexity index is 967. The highest BCUT2D eigenvalue weighted by molar-refractivity contribution is 5.70. The Morgan fingerprint density at radius 3 is 3.11 bits per heavy atom. The topological polar surface area (TPSA) is 146 Å². The van der Waals surface area contributed by atoms with Gasteiger partial charge in [0.05, 0.1) is 25.4 Å². The van der Waals surface area contributed by atoms with E-state index in [1.165, 1.54) is 6.33 Å². The summed E-state index contributed by atoms with van der Waals surface area (Å²) in [6.45, 7) is 2.22. The zero-order valence-electron chi connectivity index (χ0n) is 14.7. The number of aliphatic hydroxyl groups is 1. The van der Waals surface area contributed by atoms with E-state index >= 15 is 0 Å². The lowest BCUT2D eigenvalue weighted by molar-refractivity contribution is -0.0961. The van der Waals surface area contributed by atoms with Crippen LogP contribution in [0.3, 0.4) is 0 Å². The van der Waals surface area contributed by atoms with E-state index in [1.807, 2.05) is 17.7 Å². The number of ether oxygens (including phenoxy) is 2. The Morgan fingerprint density at radius 1 is 1.52 bits per heavy atom. The second kappa shape index (κ2) is 7.10. The summed E-state index contributed by atoms with van der Waals surface area (Å²) in [6, 6.07) is 0. The van der Waals surface area contributed by atoms with Gasteiger partial charge in [-0.05, 0) is 6.42 Å². The van der Waals surface area contributed by atoms with Crippen molar-refractivity contribution >= 4 is 17.1 Å². The zero-order valence-corrected chi connectivity index (χ0v) is 14.7. The number of imidazole rings is 2. The quantitative estimate of drug-likeness (QED) is 0.553. The van der Waals surface area contributed by atoms with Crippen LogP contribution >= 0.6 is 0 Å². The van der Waals surface area contributed by atoms with Gasteiger partial charge in [0.15, 0.2) is 11.2 Å². The maximum atomic E-state index is 11.9. The second-order valence-corrected chi connectivity index (χ2v) is 6.41. The van der Waals surface area contributed by atoms with E-state index in [-0.39, 0.29) is 24.3 Å². The van der Waals surface area contributed by atoms with E-state index in [2.05, 4.69) is 19.9 Å². The van der Waals surface area contributed by atoms with Gasteiger partial charge in [0.25, 0.3) is 5.56 Å². The van der Waals surface area contributed by atoms with Crippen molar-refractivity contribution in [2.45, 2.75) is 44.4 Å². The fourth-order valence-electron chi connectivity index (χ4n) is 3.25. The SMILES string of the molecule is CCC(OC[C@H]1O[C@@H](n2cnc3c(=O)[nH]c(N)nc32)C[C@@H]1O)n1ccnc1. The fourth-order valence-corrected chi connectivity index (χ4v) is 3.25. The summed E-state index contributed by atoms with van der Waals surface area (Å²) < 4.78 is 15.3. The van der Waals surface area contributed by atoms with Gasteiger partial charge in [0.2, 0.25) is 5.95 Å². The van der Waals surface area contributed by atoms with E-state index in [0.717, 1.165) is 6.42 Å². The molecule has 1 unspecified atom stereocenters. The molecule has 0 spiro atoms. The highest BCUT2D eigenvalue weighted by Gasteiger charge is 2.36. The van der Waals surface area contributed by atoms with Crippen molar-refractivity contribution in [3.8, 4) is 0 Å². The molecule has 4 N–H and O–H groups in total. The third-order valence-corrected chi connectivity index (χ3v) is 4.62. The van der Waals surface area contributed by atoms with Gasteiger partial charge >= 0.3 is 0 Å². The number of hydrogen-bond acceptors (Lipinski definition) is 8. The minimum absolute atomic E-state index is 0.00111. The van der Waals surface area contributed by atoms with Crippen LogP contribution in [0.1, 0.15) is 32.2 Å². The highest BCUT2D eigenvalue weighted by atomic mass is 16.6. The third kappa shape index (κ3) is 3.31.